The van der Waals surface area contributed by atoms with E-state index in [0.717, 1.165) is 54.9 Å². The lowest BCUT2D eigenvalue weighted by Crippen LogP contribution is -2.44. The molecule has 0 bridgehead atoms. The quantitative estimate of drug-likeness (QED) is 0.416. The molecule has 0 amide bonds. The second-order valence-electron chi connectivity index (χ2n) is 9.37. The van der Waals surface area contributed by atoms with Crippen LogP contribution in [0.15, 0.2) is 29.1 Å². The van der Waals surface area contributed by atoms with E-state index < -0.39 is 12.1 Å². The van der Waals surface area contributed by atoms with Crippen LogP contribution in [0.4, 0.5) is 0 Å². The van der Waals surface area contributed by atoms with Gasteiger partial charge in [-0.25, -0.2) is 9.78 Å². The van der Waals surface area contributed by atoms with Gasteiger partial charge in [0.2, 0.25) is 0 Å². The number of cyclic esters (lactones) is 1. The molecular formula is C29H38N4O4. The van der Waals surface area contributed by atoms with Crippen molar-refractivity contribution in [1.29, 1.82) is 0 Å². The number of carbonyl (C=O) groups excluding carboxylic acids is 1. The zero-order valence-corrected chi connectivity index (χ0v) is 22.8. The van der Waals surface area contributed by atoms with Crippen LogP contribution < -0.4 is 5.56 Å². The van der Waals surface area contributed by atoms with Crippen LogP contribution in [-0.2, 0) is 29.2 Å². The number of ether oxygens (including phenoxy) is 1. The highest BCUT2D eigenvalue weighted by molar-refractivity contribution is 5.88. The van der Waals surface area contributed by atoms with Gasteiger partial charge in [0.05, 0.1) is 29.0 Å². The normalized spacial score (nSPS) is 18.6. The number of hydrogen-bond acceptors (Lipinski definition) is 7. The lowest BCUT2D eigenvalue weighted by molar-refractivity contribution is -0.157. The van der Waals surface area contributed by atoms with Crippen molar-refractivity contribution in [3.63, 3.8) is 0 Å². The number of nitrogens with zero attached hydrogens (tertiary/aromatic N) is 4. The largest absolute Gasteiger partial charge is 0.458 e. The van der Waals surface area contributed by atoms with E-state index in [-0.39, 0.29) is 12.2 Å². The molecule has 2 aromatic heterocycles. The van der Waals surface area contributed by atoms with Gasteiger partial charge in [-0.05, 0) is 43.3 Å². The van der Waals surface area contributed by atoms with Crippen LogP contribution >= 0.6 is 0 Å². The lowest BCUT2D eigenvalue weighted by Gasteiger charge is -2.33. The fourth-order valence-electron chi connectivity index (χ4n) is 5.21. The Morgan fingerprint density at radius 2 is 1.76 bits per heavy atom. The molecule has 1 fully saturated rings. The summed E-state index contributed by atoms with van der Waals surface area (Å²) in [6.07, 6.45) is -1.44. The van der Waals surface area contributed by atoms with Crippen molar-refractivity contribution in [3.05, 3.63) is 62.4 Å². The van der Waals surface area contributed by atoms with Crippen molar-refractivity contribution in [2.45, 2.75) is 60.4 Å². The molecule has 3 aliphatic heterocycles. The smallest absolute Gasteiger partial charge is 0.340 e. The highest BCUT2D eigenvalue weighted by Crippen LogP contribution is 2.36. The highest BCUT2D eigenvalue weighted by Gasteiger charge is 2.34. The van der Waals surface area contributed by atoms with Crippen molar-refractivity contribution in [2.24, 2.45) is 0 Å². The molecule has 6 rings (SSSR count). The monoisotopic (exact) mass is 506 g/mol. The first-order chi connectivity index (χ1) is 17.9. The first-order valence-corrected chi connectivity index (χ1v) is 13.4. The summed E-state index contributed by atoms with van der Waals surface area (Å²) in [5, 5.41) is 11.4. The molecule has 3 aliphatic rings. The standard InChI is InChI=1S/C25H26N4O4.2C2H6/c1-14-3-4-20-16(18(14)12-28-7-5-27(2)6-8-28)9-15-11-29-21(22(15)26-20)10-17-19(24(29)31)13-33-25(32)23(17)30;2*1-2/h3-4,9-10,23,30H,5-8,11-13H2,1-2H3;2*1-2H3. The molecule has 1 aromatic carbocycles. The molecule has 5 heterocycles. The Morgan fingerprint density at radius 1 is 1.05 bits per heavy atom. The summed E-state index contributed by atoms with van der Waals surface area (Å²) in [6.45, 7) is 15.6. The molecule has 8 nitrogen and oxygen atoms in total. The van der Waals surface area contributed by atoms with E-state index in [1.807, 2.05) is 33.8 Å². The number of hydrogen-bond donors (Lipinski definition) is 1. The van der Waals surface area contributed by atoms with Crippen LogP contribution in [0.1, 0.15) is 61.6 Å². The number of aliphatic hydroxyl groups excluding tert-OH is 1. The molecule has 198 valence electrons. The van der Waals surface area contributed by atoms with Gasteiger partial charge in [-0.15, -0.1) is 0 Å². The van der Waals surface area contributed by atoms with Gasteiger partial charge in [-0.2, -0.15) is 0 Å². The number of rotatable bonds is 2. The summed E-state index contributed by atoms with van der Waals surface area (Å²) in [4.78, 5) is 34.8. The zero-order chi connectivity index (χ0) is 26.9. The minimum atomic E-state index is -1.44. The SMILES string of the molecule is CC.CC.Cc1ccc2nc3c(cc2c1CN1CCN(C)CC1)Cn1c-3cc2c(c1=O)COC(=O)C2O. The number of esters is 1. The van der Waals surface area contributed by atoms with E-state index in [1.165, 1.54) is 11.1 Å². The van der Waals surface area contributed by atoms with E-state index in [9.17, 15) is 14.7 Å². The van der Waals surface area contributed by atoms with E-state index in [2.05, 4.69) is 35.9 Å². The summed E-state index contributed by atoms with van der Waals surface area (Å²) in [6, 6.07) is 8.04. The summed E-state index contributed by atoms with van der Waals surface area (Å²) < 4.78 is 6.65. The minimum Gasteiger partial charge on any atom is -0.458 e. The molecule has 0 aliphatic carbocycles. The molecule has 37 heavy (non-hydrogen) atoms. The number of piperazine rings is 1. The highest BCUT2D eigenvalue weighted by atomic mass is 16.5. The molecule has 0 spiro atoms. The van der Waals surface area contributed by atoms with Gasteiger partial charge < -0.3 is 19.3 Å². The van der Waals surface area contributed by atoms with Gasteiger partial charge in [0.15, 0.2) is 6.10 Å². The second kappa shape index (κ2) is 11.1. The van der Waals surface area contributed by atoms with Gasteiger partial charge >= 0.3 is 5.97 Å². The van der Waals surface area contributed by atoms with Crippen LogP contribution in [0, 0.1) is 6.92 Å². The maximum Gasteiger partial charge on any atom is 0.340 e. The molecular weight excluding hydrogens is 468 g/mol. The van der Waals surface area contributed by atoms with Crippen molar-refractivity contribution >= 4 is 16.9 Å². The van der Waals surface area contributed by atoms with Gasteiger partial charge in [0.25, 0.3) is 5.56 Å². The molecule has 3 aromatic rings. The number of carbonyl (C=O) groups is 1. The molecule has 0 saturated carbocycles. The van der Waals surface area contributed by atoms with Crippen molar-refractivity contribution in [1.82, 2.24) is 19.4 Å². The first kappa shape index (κ1) is 27.0. The Labute approximate surface area is 218 Å². The number of aliphatic hydroxyl groups is 1. The minimum absolute atomic E-state index is 0.107. The Bertz CT molecular complexity index is 1370. The topological polar surface area (TPSA) is 87.9 Å². The summed E-state index contributed by atoms with van der Waals surface area (Å²) >= 11 is 0. The van der Waals surface area contributed by atoms with Crippen molar-refractivity contribution < 1.29 is 14.6 Å². The average molecular weight is 507 g/mol. The Hall–Kier alpha value is -3.07. The van der Waals surface area contributed by atoms with Crippen LogP contribution in [0.5, 0.6) is 0 Å². The third kappa shape index (κ3) is 4.81. The van der Waals surface area contributed by atoms with E-state index in [1.54, 1.807) is 10.6 Å². The fourth-order valence-corrected chi connectivity index (χ4v) is 5.21. The summed E-state index contributed by atoms with van der Waals surface area (Å²) in [5.41, 5.74) is 6.22. The van der Waals surface area contributed by atoms with Crippen LogP contribution in [0.3, 0.4) is 0 Å². The fraction of sp³-hybridized carbons (Fsp3) is 0.483. The maximum atomic E-state index is 13.2. The first-order valence-electron chi connectivity index (χ1n) is 13.4. The number of likely N-dealkylation sites (N-methyl/N-ethyl adjacent to an activating group) is 1. The van der Waals surface area contributed by atoms with Gasteiger partial charge in [0.1, 0.15) is 6.61 Å². The predicted molar refractivity (Wildman–Crippen MR) is 146 cm³/mol. The number of fused-ring (bicyclic) bond motifs is 5. The van der Waals surface area contributed by atoms with Crippen LogP contribution in [-0.4, -0.2) is 63.7 Å². The number of benzene rings is 1. The molecule has 1 saturated heterocycles. The zero-order valence-electron chi connectivity index (χ0n) is 22.8. The summed E-state index contributed by atoms with van der Waals surface area (Å²) in [7, 11) is 2.16. The van der Waals surface area contributed by atoms with E-state index in [0.29, 0.717) is 23.4 Å². The van der Waals surface area contributed by atoms with E-state index in [4.69, 9.17) is 9.72 Å². The van der Waals surface area contributed by atoms with Crippen molar-refractivity contribution in [2.75, 3.05) is 33.2 Å². The van der Waals surface area contributed by atoms with Gasteiger partial charge in [-0.3, -0.25) is 9.69 Å². The van der Waals surface area contributed by atoms with Crippen molar-refractivity contribution in [3.8, 4) is 11.4 Å². The molecule has 1 N–H and O–H groups in total. The molecule has 1 atom stereocenters. The second-order valence-corrected chi connectivity index (χ2v) is 9.37. The number of aromatic nitrogens is 2. The third-order valence-corrected chi connectivity index (χ3v) is 7.28. The van der Waals surface area contributed by atoms with Gasteiger partial charge in [-0.1, -0.05) is 33.8 Å². The van der Waals surface area contributed by atoms with E-state index >= 15 is 0 Å². The lowest BCUT2D eigenvalue weighted by atomic mass is 9.98. The molecule has 0 radical (unpaired) electrons. The van der Waals surface area contributed by atoms with Crippen LogP contribution in [0.25, 0.3) is 22.3 Å². The Balaban J connectivity index is 0.000000765. The molecule has 1 unspecified atom stereocenters. The predicted octanol–water partition coefficient (Wildman–Crippen LogP) is 3.62. The third-order valence-electron chi connectivity index (χ3n) is 7.28. The summed E-state index contributed by atoms with van der Waals surface area (Å²) in [5.74, 6) is -0.722. The van der Waals surface area contributed by atoms with Crippen LogP contribution in [0.2, 0.25) is 0 Å². The number of pyridine rings is 2. The Kier molecular flexibility index (Phi) is 8.11. The maximum absolute atomic E-state index is 13.2. The average Bonchev–Trinajstić information content (AvgIpc) is 3.28. The van der Waals surface area contributed by atoms with Gasteiger partial charge in [0, 0.05) is 49.2 Å². The number of aryl methyl sites for hydroxylation is 1. The molecule has 8 heteroatoms. The Morgan fingerprint density at radius 3 is 2.46 bits per heavy atom.